The number of imidazole rings is 1. The third kappa shape index (κ3) is 5.46. The van der Waals surface area contributed by atoms with Crippen LogP contribution in [0.2, 0.25) is 5.15 Å². The van der Waals surface area contributed by atoms with Crippen molar-refractivity contribution in [3.05, 3.63) is 34.4 Å². The van der Waals surface area contributed by atoms with Gasteiger partial charge in [0.25, 0.3) is 5.91 Å². The number of aliphatic imine (C=N–C) groups is 1. The molecule has 2 aliphatic heterocycles. The van der Waals surface area contributed by atoms with Crippen molar-refractivity contribution in [1.82, 2.24) is 19.4 Å². The van der Waals surface area contributed by atoms with Gasteiger partial charge in [-0.3, -0.25) is 14.5 Å². The standard InChI is InChI=1S/C21H25ClF3N5O2S/c1-12(2)8-14-9-15(21(23,24)25)19-27-17(18(22)30(19)10-14)20(32)28-5-6-29(16(31)11-28)13(3)26-4-7-33/h4,7,9,12,14,33H,5-6,8,10-11H2,1-3H3/b7-4-,26-13?. The first-order valence-corrected chi connectivity index (χ1v) is 11.3. The summed E-state index contributed by atoms with van der Waals surface area (Å²) in [6.45, 7) is 5.81. The van der Waals surface area contributed by atoms with Crippen molar-refractivity contribution in [2.75, 3.05) is 19.6 Å². The van der Waals surface area contributed by atoms with E-state index in [1.54, 1.807) is 6.92 Å². The Morgan fingerprint density at radius 2 is 2.09 bits per heavy atom. The number of nitrogens with zero attached hydrogens (tertiary/aromatic N) is 5. The summed E-state index contributed by atoms with van der Waals surface area (Å²) in [6, 6.07) is 0. The molecule has 0 saturated carbocycles. The molecule has 7 nitrogen and oxygen atoms in total. The van der Waals surface area contributed by atoms with E-state index in [1.807, 2.05) is 13.8 Å². The summed E-state index contributed by atoms with van der Waals surface area (Å²) < 4.78 is 42.5. The zero-order chi connectivity index (χ0) is 24.5. The summed E-state index contributed by atoms with van der Waals surface area (Å²) in [5.41, 5.74) is -1.18. The minimum Gasteiger partial charge on any atom is -0.326 e. The van der Waals surface area contributed by atoms with E-state index in [9.17, 15) is 22.8 Å². The lowest BCUT2D eigenvalue weighted by molar-refractivity contribution is -0.130. The van der Waals surface area contributed by atoms with Crippen molar-refractivity contribution in [1.29, 1.82) is 0 Å². The van der Waals surface area contributed by atoms with Crippen LogP contribution in [-0.4, -0.2) is 62.8 Å². The van der Waals surface area contributed by atoms with Crippen LogP contribution in [0.25, 0.3) is 5.57 Å². The predicted molar refractivity (Wildman–Crippen MR) is 123 cm³/mol. The van der Waals surface area contributed by atoms with Crippen LogP contribution in [-0.2, 0) is 11.3 Å². The second-order valence-corrected chi connectivity index (χ2v) is 9.06. The van der Waals surface area contributed by atoms with Crippen LogP contribution < -0.4 is 0 Å². The molecule has 3 heterocycles. The molecule has 180 valence electrons. The van der Waals surface area contributed by atoms with E-state index in [-0.39, 0.29) is 60.6 Å². The number of rotatable bonds is 4. The Labute approximate surface area is 200 Å². The summed E-state index contributed by atoms with van der Waals surface area (Å²) >= 11 is 10.3. The third-order valence-corrected chi connectivity index (χ3v) is 5.99. The molecular formula is C21H25ClF3N5O2S. The second kappa shape index (κ2) is 9.92. The average molecular weight is 504 g/mol. The van der Waals surface area contributed by atoms with Crippen LogP contribution in [0.1, 0.15) is 43.5 Å². The number of alkyl halides is 3. The monoisotopic (exact) mass is 503 g/mol. The molecule has 1 fully saturated rings. The number of piperazine rings is 1. The van der Waals surface area contributed by atoms with Crippen molar-refractivity contribution in [3.63, 3.8) is 0 Å². The van der Waals surface area contributed by atoms with Gasteiger partial charge in [0.15, 0.2) is 5.69 Å². The summed E-state index contributed by atoms with van der Waals surface area (Å²) in [6.07, 6.45) is -1.49. The number of hydrogen-bond acceptors (Lipinski definition) is 5. The molecule has 0 aliphatic carbocycles. The number of aromatic nitrogens is 2. The highest BCUT2D eigenvalue weighted by atomic mass is 35.5. The zero-order valence-corrected chi connectivity index (χ0v) is 20.1. The molecule has 1 atom stereocenters. The number of amidine groups is 1. The third-order valence-electron chi connectivity index (χ3n) is 5.47. The van der Waals surface area contributed by atoms with Crippen LogP contribution >= 0.6 is 24.2 Å². The zero-order valence-electron chi connectivity index (χ0n) is 18.4. The number of allylic oxidation sites excluding steroid dienone is 2. The predicted octanol–water partition coefficient (Wildman–Crippen LogP) is 4.26. The fourth-order valence-electron chi connectivity index (χ4n) is 4.06. The topological polar surface area (TPSA) is 70.8 Å². The first kappa shape index (κ1) is 25.4. The highest BCUT2D eigenvalue weighted by molar-refractivity contribution is 7.83. The number of carbonyl (C=O) groups is 2. The van der Waals surface area contributed by atoms with Gasteiger partial charge in [0.05, 0.1) is 5.57 Å². The molecule has 3 rings (SSSR count). The van der Waals surface area contributed by atoms with Crippen molar-refractivity contribution in [3.8, 4) is 0 Å². The quantitative estimate of drug-likeness (QED) is 0.379. The first-order chi connectivity index (χ1) is 15.4. The van der Waals surface area contributed by atoms with E-state index in [0.717, 1.165) is 0 Å². The largest absolute Gasteiger partial charge is 0.419 e. The van der Waals surface area contributed by atoms with Crippen molar-refractivity contribution < 1.29 is 22.8 Å². The van der Waals surface area contributed by atoms with Gasteiger partial charge in [-0.15, -0.1) is 12.6 Å². The number of thiol groups is 1. The van der Waals surface area contributed by atoms with E-state index in [1.165, 1.54) is 32.1 Å². The first-order valence-electron chi connectivity index (χ1n) is 10.4. The Hall–Kier alpha value is -2.27. The maximum absolute atomic E-state index is 13.8. The van der Waals surface area contributed by atoms with Gasteiger partial charge in [-0.2, -0.15) is 13.2 Å². The lowest BCUT2D eigenvalue weighted by Gasteiger charge is -2.33. The highest BCUT2D eigenvalue weighted by Crippen LogP contribution is 2.40. The molecule has 1 unspecified atom stereocenters. The Balaban J connectivity index is 1.87. The molecule has 0 spiro atoms. The molecule has 1 aromatic heterocycles. The van der Waals surface area contributed by atoms with Crippen LogP contribution in [0.3, 0.4) is 0 Å². The van der Waals surface area contributed by atoms with E-state index in [2.05, 4.69) is 22.6 Å². The maximum Gasteiger partial charge on any atom is 0.419 e. The van der Waals surface area contributed by atoms with E-state index in [4.69, 9.17) is 11.6 Å². The Kier molecular flexibility index (Phi) is 7.62. The fourth-order valence-corrected chi connectivity index (χ4v) is 4.40. The molecule has 2 aliphatic rings. The Morgan fingerprint density at radius 3 is 2.67 bits per heavy atom. The molecule has 1 saturated heterocycles. The number of fused-ring (bicyclic) bond motifs is 1. The minimum absolute atomic E-state index is 0.148. The van der Waals surface area contributed by atoms with Crippen LogP contribution in [0.5, 0.6) is 0 Å². The molecule has 0 N–H and O–H groups in total. The number of carbonyl (C=O) groups excluding carboxylic acids is 2. The van der Waals surface area contributed by atoms with Gasteiger partial charge in [-0.05, 0) is 30.6 Å². The highest BCUT2D eigenvalue weighted by Gasteiger charge is 2.42. The van der Waals surface area contributed by atoms with Gasteiger partial charge in [0.2, 0.25) is 5.91 Å². The van der Waals surface area contributed by atoms with Crippen molar-refractivity contribution >= 4 is 47.5 Å². The van der Waals surface area contributed by atoms with Gasteiger partial charge in [-0.1, -0.05) is 31.5 Å². The summed E-state index contributed by atoms with van der Waals surface area (Å²) in [5.74, 6) is -1.17. The minimum atomic E-state index is -4.64. The Bertz CT molecular complexity index is 1030. The summed E-state index contributed by atoms with van der Waals surface area (Å²) in [4.78, 5) is 36.4. The van der Waals surface area contributed by atoms with Gasteiger partial charge < -0.3 is 9.47 Å². The van der Waals surface area contributed by atoms with Crippen LogP contribution in [0.4, 0.5) is 13.2 Å². The molecule has 0 bridgehead atoms. The van der Waals surface area contributed by atoms with Crippen molar-refractivity contribution in [2.24, 2.45) is 16.8 Å². The van der Waals surface area contributed by atoms with E-state index < -0.39 is 17.7 Å². The fraction of sp³-hybridized carbons (Fsp3) is 0.524. The van der Waals surface area contributed by atoms with Crippen molar-refractivity contribution in [2.45, 2.75) is 39.9 Å². The summed E-state index contributed by atoms with van der Waals surface area (Å²) in [7, 11) is 0. The lowest BCUT2D eigenvalue weighted by atomic mass is 9.92. The van der Waals surface area contributed by atoms with Crippen LogP contribution in [0.15, 0.2) is 22.7 Å². The van der Waals surface area contributed by atoms with E-state index in [0.29, 0.717) is 12.3 Å². The molecule has 0 aromatic carbocycles. The Morgan fingerprint density at radius 1 is 1.39 bits per heavy atom. The molecule has 1 aromatic rings. The van der Waals surface area contributed by atoms with Crippen LogP contribution in [0, 0.1) is 11.8 Å². The normalized spacial score (nSPS) is 20.0. The smallest absolute Gasteiger partial charge is 0.326 e. The maximum atomic E-state index is 13.8. The number of halogens is 4. The molecule has 12 heteroatoms. The second-order valence-electron chi connectivity index (χ2n) is 8.40. The number of amides is 2. The lowest BCUT2D eigenvalue weighted by Crippen LogP contribution is -2.53. The molecule has 2 amide bonds. The molecule has 33 heavy (non-hydrogen) atoms. The molecule has 0 radical (unpaired) electrons. The van der Waals surface area contributed by atoms with Gasteiger partial charge in [0, 0.05) is 25.8 Å². The average Bonchev–Trinajstić information content (AvgIpc) is 3.06. The van der Waals surface area contributed by atoms with Gasteiger partial charge in [-0.25, -0.2) is 9.98 Å². The number of hydrogen-bond donors (Lipinski definition) is 1. The van der Waals surface area contributed by atoms with Gasteiger partial charge in [0.1, 0.15) is 23.4 Å². The van der Waals surface area contributed by atoms with Gasteiger partial charge >= 0.3 is 6.18 Å². The van der Waals surface area contributed by atoms with E-state index >= 15 is 0 Å². The molecular weight excluding hydrogens is 479 g/mol. The summed E-state index contributed by atoms with van der Waals surface area (Å²) in [5, 5.41) is 1.27. The SMILES string of the molecule is CC(=N/C=C\S)N1CCN(C(=O)c2nc3n(c2Cl)CC(CC(C)C)C=C3C(F)(F)F)CC1=O.